The van der Waals surface area contributed by atoms with Crippen LogP contribution >= 0.6 is 22.6 Å². The molecule has 4 aromatic rings. The number of hydrogen-bond acceptors (Lipinski definition) is 4. The molecule has 186 valence electrons. The van der Waals surface area contributed by atoms with E-state index in [2.05, 4.69) is 0 Å². The molecular formula is C28H21IN2O5S. The molecule has 1 fully saturated rings. The molecule has 0 bridgehead atoms. The number of anilines is 1. The number of aromatic carboxylic acids is 1. The lowest BCUT2D eigenvalue weighted by Crippen LogP contribution is -2.36. The predicted molar refractivity (Wildman–Crippen MR) is 149 cm³/mol. The zero-order valence-corrected chi connectivity index (χ0v) is 22.3. The van der Waals surface area contributed by atoms with E-state index in [9.17, 15) is 23.1 Å². The van der Waals surface area contributed by atoms with Crippen molar-refractivity contribution < 1.29 is 23.1 Å². The van der Waals surface area contributed by atoms with Crippen LogP contribution < -0.4 is 4.90 Å². The molecule has 1 heterocycles. The molecule has 37 heavy (non-hydrogen) atoms. The Morgan fingerprint density at radius 3 is 2.19 bits per heavy atom. The molecule has 5 rings (SSSR count). The third-order valence-corrected chi connectivity index (χ3v) is 9.35. The highest BCUT2D eigenvalue weighted by atomic mass is 127. The number of urea groups is 1. The van der Waals surface area contributed by atoms with Crippen LogP contribution in [-0.2, 0) is 10.0 Å². The molecule has 1 saturated heterocycles. The summed E-state index contributed by atoms with van der Waals surface area (Å²) in [5.41, 5.74) is 3.10. The van der Waals surface area contributed by atoms with Gasteiger partial charge in [0.25, 0.3) is 10.0 Å². The molecule has 1 aliphatic rings. The summed E-state index contributed by atoms with van der Waals surface area (Å²) in [6.45, 7) is -0.0467. The summed E-state index contributed by atoms with van der Waals surface area (Å²) in [6, 6.07) is 28.4. The number of nitrogens with zero attached hydrogens (tertiary/aromatic N) is 2. The Kier molecular flexibility index (Phi) is 6.74. The molecule has 0 saturated carbocycles. The van der Waals surface area contributed by atoms with Crippen molar-refractivity contribution >= 4 is 50.3 Å². The van der Waals surface area contributed by atoms with Crippen molar-refractivity contribution in [1.82, 2.24) is 4.31 Å². The van der Waals surface area contributed by atoms with Crippen LogP contribution in [0.1, 0.15) is 22.0 Å². The first-order valence-electron chi connectivity index (χ1n) is 11.4. The summed E-state index contributed by atoms with van der Waals surface area (Å²) >= 11 is 1.96. The first kappa shape index (κ1) is 25.0. The Morgan fingerprint density at radius 2 is 1.51 bits per heavy atom. The SMILES string of the molecule is O=C(O)c1cccc(-c2ccc(C3CN(S(=O)(=O)c4ccccc4I)C(=O)N3c3ccccc3)cc2)c1. The first-order valence-corrected chi connectivity index (χ1v) is 13.9. The maximum atomic E-state index is 13.6. The van der Waals surface area contributed by atoms with E-state index in [0.29, 0.717) is 9.26 Å². The number of carbonyl (C=O) groups is 2. The van der Waals surface area contributed by atoms with Crippen molar-refractivity contribution in [2.75, 3.05) is 11.4 Å². The largest absolute Gasteiger partial charge is 0.478 e. The van der Waals surface area contributed by atoms with Gasteiger partial charge in [-0.25, -0.2) is 22.3 Å². The van der Waals surface area contributed by atoms with Crippen molar-refractivity contribution in [3.8, 4) is 11.1 Å². The van der Waals surface area contributed by atoms with E-state index < -0.39 is 28.1 Å². The monoisotopic (exact) mass is 624 g/mol. The molecule has 1 atom stereocenters. The van der Waals surface area contributed by atoms with Gasteiger partial charge in [0.05, 0.1) is 18.2 Å². The number of halogens is 1. The van der Waals surface area contributed by atoms with Gasteiger partial charge in [0.2, 0.25) is 0 Å². The van der Waals surface area contributed by atoms with E-state index >= 15 is 0 Å². The third-order valence-electron chi connectivity index (χ3n) is 6.25. The van der Waals surface area contributed by atoms with Gasteiger partial charge in [0.1, 0.15) is 4.90 Å². The summed E-state index contributed by atoms with van der Waals surface area (Å²) in [6.07, 6.45) is 0. The van der Waals surface area contributed by atoms with Crippen molar-refractivity contribution in [1.29, 1.82) is 0 Å². The van der Waals surface area contributed by atoms with Gasteiger partial charge in [0.15, 0.2) is 0 Å². The maximum Gasteiger partial charge on any atom is 0.339 e. The number of hydrogen-bond donors (Lipinski definition) is 1. The third kappa shape index (κ3) is 4.72. The average Bonchev–Trinajstić information content (AvgIpc) is 3.27. The summed E-state index contributed by atoms with van der Waals surface area (Å²) in [5.74, 6) is -1.00. The van der Waals surface area contributed by atoms with Gasteiger partial charge in [0, 0.05) is 9.26 Å². The smallest absolute Gasteiger partial charge is 0.339 e. The Morgan fingerprint density at radius 1 is 0.838 bits per heavy atom. The van der Waals surface area contributed by atoms with E-state index in [4.69, 9.17) is 0 Å². The zero-order chi connectivity index (χ0) is 26.2. The minimum Gasteiger partial charge on any atom is -0.478 e. The van der Waals surface area contributed by atoms with Crippen LogP contribution in [0.3, 0.4) is 0 Å². The van der Waals surface area contributed by atoms with Crippen LogP contribution in [-0.4, -0.2) is 36.4 Å². The van der Waals surface area contributed by atoms with Gasteiger partial charge < -0.3 is 5.11 Å². The van der Waals surface area contributed by atoms with E-state index in [1.54, 1.807) is 54.6 Å². The highest BCUT2D eigenvalue weighted by Gasteiger charge is 2.45. The molecule has 4 aromatic carbocycles. The van der Waals surface area contributed by atoms with Gasteiger partial charge in [-0.05, 0) is 75.7 Å². The predicted octanol–water partition coefficient (Wildman–Crippen LogP) is 6.03. The highest BCUT2D eigenvalue weighted by Crippen LogP contribution is 2.38. The van der Waals surface area contributed by atoms with Gasteiger partial charge in [-0.15, -0.1) is 0 Å². The second kappa shape index (κ2) is 9.98. The average molecular weight is 624 g/mol. The van der Waals surface area contributed by atoms with E-state index in [0.717, 1.165) is 21.0 Å². The molecule has 0 aliphatic carbocycles. The number of amides is 2. The Hall–Kier alpha value is -3.70. The Labute approximate surface area is 228 Å². The van der Waals surface area contributed by atoms with Crippen molar-refractivity contribution in [3.05, 3.63) is 118 Å². The number of sulfonamides is 1. The van der Waals surface area contributed by atoms with Gasteiger partial charge in [-0.2, -0.15) is 0 Å². The molecule has 0 aromatic heterocycles. The van der Waals surface area contributed by atoms with Crippen LogP contribution in [0, 0.1) is 3.57 Å². The van der Waals surface area contributed by atoms with Crippen LogP contribution in [0.25, 0.3) is 11.1 Å². The molecule has 1 N–H and O–H groups in total. The van der Waals surface area contributed by atoms with Crippen LogP contribution in [0.5, 0.6) is 0 Å². The fourth-order valence-corrected chi connectivity index (χ4v) is 7.06. The number of benzene rings is 4. The molecule has 2 amide bonds. The molecule has 7 nitrogen and oxygen atoms in total. The molecular weight excluding hydrogens is 603 g/mol. The number of carboxylic acid groups (broad SMARTS) is 1. The lowest BCUT2D eigenvalue weighted by atomic mass is 9.99. The maximum absolute atomic E-state index is 13.6. The van der Waals surface area contributed by atoms with E-state index in [-0.39, 0.29) is 17.0 Å². The minimum atomic E-state index is -4.09. The van der Waals surface area contributed by atoms with Crippen molar-refractivity contribution in [2.45, 2.75) is 10.9 Å². The fourth-order valence-electron chi connectivity index (χ4n) is 4.41. The van der Waals surface area contributed by atoms with Crippen LogP contribution in [0.15, 0.2) is 108 Å². The standard InChI is InChI=1S/C28H21IN2O5S/c29-24-11-4-5-12-26(24)37(35,36)30-18-25(31(28(30)34)23-9-2-1-3-10-23)20-15-13-19(14-16-20)21-7-6-8-22(17-21)27(32)33/h1-17,25H,18H2,(H,32,33). The van der Waals surface area contributed by atoms with Crippen LogP contribution in [0.4, 0.5) is 10.5 Å². The van der Waals surface area contributed by atoms with Crippen molar-refractivity contribution in [3.63, 3.8) is 0 Å². The summed E-state index contributed by atoms with van der Waals surface area (Å²) in [5, 5.41) is 9.30. The normalized spacial score (nSPS) is 15.7. The number of carboxylic acids is 1. The topological polar surface area (TPSA) is 95.0 Å². The number of carbonyl (C=O) groups excluding carboxylic acids is 1. The molecule has 0 radical (unpaired) electrons. The Balaban J connectivity index is 1.54. The molecule has 9 heteroatoms. The van der Waals surface area contributed by atoms with E-state index in [1.807, 2.05) is 59.0 Å². The quantitative estimate of drug-likeness (QED) is 0.265. The first-order chi connectivity index (χ1) is 17.8. The molecule has 0 spiro atoms. The van der Waals surface area contributed by atoms with Crippen LogP contribution in [0.2, 0.25) is 0 Å². The molecule has 1 aliphatic heterocycles. The fraction of sp³-hybridized carbons (Fsp3) is 0.0714. The second-order valence-corrected chi connectivity index (χ2v) is 11.5. The number of rotatable bonds is 6. The van der Waals surface area contributed by atoms with Gasteiger partial charge in [-0.3, -0.25) is 4.90 Å². The van der Waals surface area contributed by atoms with Gasteiger partial charge in [-0.1, -0.05) is 66.7 Å². The van der Waals surface area contributed by atoms with E-state index in [1.165, 1.54) is 17.0 Å². The van der Waals surface area contributed by atoms with Crippen molar-refractivity contribution in [2.24, 2.45) is 0 Å². The highest BCUT2D eigenvalue weighted by molar-refractivity contribution is 14.1. The number of para-hydroxylation sites is 1. The summed E-state index contributed by atoms with van der Waals surface area (Å²) in [4.78, 5) is 26.6. The zero-order valence-electron chi connectivity index (χ0n) is 19.4. The second-order valence-electron chi connectivity index (χ2n) is 8.48. The lowest BCUT2D eigenvalue weighted by Gasteiger charge is -2.23. The summed E-state index contributed by atoms with van der Waals surface area (Å²) < 4.78 is 28.6. The lowest BCUT2D eigenvalue weighted by molar-refractivity contribution is 0.0697. The Bertz CT molecular complexity index is 1590. The minimum absolute atomic E-state index is 0.0467. The summed E-state index contributed by atoms with van der Waals surface area (Å²) in [7, 11) is -4.09. The van der Waals surface area contributed by atoms with Gasteiger partial charge >= 0.3 is 12.0 Å². The molecule has 1 unspecified atom stereocenters.